The molecule has 1 aromatic carbocycles. The summed E-state index contributed by atoms with van der Waals surface area (Å²) >= 11 is 12.3. The summed E-state index contributed by atoms with van der Waals surface area (Å²) in [5.74, 6) is 0.141. The zero-order valence-corrected chi connectivity index (χ0v) is 15.9. The summed E-state index contributed by atoms with van der Waals surface area (Å²) < 4.78 is 1.87. The number of anilines is 2. The second-order valence-electron chi connectivity index (χ2n) is 6.27. The number of carbonyl (C=O) groups is 1. The van der Waals surface area contributed by atoms with Gasteiger partial charge in [0.15, 0.2) is 5.69 Å². The summed E-state index contributed by atoms with van der Waals surface area (Å²) in [6.45, 7) is 1.77. The Bertz CT molecular complexity index is 968. The summed E-state index contributed by atoms with van der Waals surface area (Å²) in [6, 6.07) is 9.06. The number of hydrogen-bond acceptors (Lipinski definition) is 4. The van der Waals surface area contributed by atoms with Crippen LogP contribution < -0.4 is 10.2 Å². The highest BCUT2D eigenvalue weighted by Crippen LogP contribution is 2.26. The van der Waals surface area contributed by atoms with Crippen molar-refractivity contribution in [2.24, 2.45) is 0 Å². The Morgan fingerprint density at radius 3 is 2.59 bits per heavy atom. The minimum Gasteiger partial charge on any atom is -0.341 e. The van der Waals surface area contributed by atoms with Crippen molar-refractivity contribution in [3.05, 3.63) is 64.7 Å². The topological polar surface area (TPSA) is 63.1 Å². The molecule has 3 heterocycles. The van der Waals surface area contributed by atoms with E-state index in [1.807, 2.05) is 29.1 Å². The van der Waals surface area contributed by atoms with Gasteiger partial charge in [-0.25, -0.2) is 9.97 Å². The standard InChI is InChI=1S/C19H17Cl2N5O/c20-13-5-6-15(16(11-13)25-7-1-2-8-25)23-18(27)17-14(21)12-22-19(24-17)26-9-3-4-10-26/h1-2,5-8,11-12H,3-4,9-10H2,(H,23,27). The Labute approximate surface area is 166 Å². The zero-order chi connectivity index (χ0) is 18.8. The lowest BCUT2D eigenvalue weighted by Gasteiger charge is -2.16. The Morgan fingerprint density at radius 1 is 1.11 bits per heavy atom. The van der Waals surface area contributed by atoms with Crippen LogP contribution in [0.5, 0.6) is 0 Å². The number of halogens is 2. The van der Waals surface area contributed by atoms with Crippen LogP contribution in [0.4, 0.5) is 11.6 Å². The van der Waals surface area contributed by atoms with E-state index < -0.39 is 5.91 Å². The van der Waals surface area contributed by atoms with E-state index in [9.17, 15) is 4.79 Å². The summed E-state index contributed by atoms with van der Waals surface area (Å²) in [6.07, 6.45) is 7.43. The molecular formula is C19H17Cl2N5O. The molecule has 1 aliphatic rings. The number of benzene rings is 1. The summed E-state index contributed by atoms with van der Waals surface area (Å²) in [5, 5.41) is 3.68. The molecule has 27 heavy (non-hydrogen) atoms. The third-order valence-electron chi connectivity index (χ3n) is 4.43. The molecule has 3 aromatic rings. The van der Waals surface area contributed by atoms with Crippen LogP contribution in [0.1, 0.15) is 23.3 Å². The molecule has 0 spiro atoms. The molecule has 1 aliphatic heterocycles. The molecule has 0 bridgehead atoms. The van der Waals surface area contributed by atoms with Gasteiger partial charge in [0.2, 0.25) is 5.95 Å². The van der Waals surface area contributed by atoms with Crippen molar-refractivity contribution in [3.63, 3.8) is 0 Å². The van der Waals surface area contributed by atoms with E-state index >= 15 is 0 Å². The number of hydrogen-bond donors (Lipinski definition) is 1. The first-order valence-corrected chi connectivity index (χ1v) is 9.39. The highest BCUT2D eigenvalue weighted by molar-refractivity contribution is 6.34. The average molecular weight is 402 g/mol. The van der Waals surface area contributed by atoms with Gasteiger partial charge in [0.25, 0.3) is 5.91 Å². The monoisotopic (exact) mass is 401 g/mol. The van der Waals surface area contributed by atoms with Crippen LogP contribution in [0, 0.1) is 0 Å². The number of nitrogens with zero attached hydrogens (tertiary/aromatic N) is 4. The highest BCUT2D eigenvalue weighted by Gasteiger charge is 2.20. The summed E-state index contributed by atoms with van der Waals surface area (Å²) in [4.78, 5) is 23.6. The van der Waals surface area contributed by atoms with Crippen molar-refractivity contribution in [3.8, 4) is 5.69 Å². The van der Waals surface area contributed by atoms with Gasteiger partial charge in [0, 0.05) is 30.5 Å². The van der Waals surface area contributed by atoms with Gasteiger partial charge in [-0.2, -0.15) is 0 Å². The molecular weight excluding hydrogens is 385 g/mol. The molecule has 4 rings (SSSR count). The summed E-state index contributed by atoms with van der Waals surface area (Å²) in [7, 11) is 0. The third-order valence-corrected chi connectivity index (χ3v) is 4.94. The van der Waals surface area contributed by atoms with Crippen molar-refractivity contribution >= 4 is 40.7 Å². The fourth-order valence-corrected chi connectivity index (χ4v) is 3.43. The predicted octanol–water partition coefficient (Wildman–Crippen LogP) is 4.43. The maximum Gasteiger partial charge on any atom is 0.276 e. The second-order valence-corrected chi connectivity index (χ2v) is 7.11. The Balaban J connectivity index is 1.64. The average Bonchev–Trinajstić information content (AvgIpc) is 3.37. The van der Waals surface area contributed by atoms with E-state index in [2.05, 4.69) is 20.2 Å². The smallest absolute Gasteiger partial charge is 0.276 e. The van der Waals surface area contributed by atoms with Gasteiger partial charge in [-0.05, 0) is 43.2 Å². The minimum atomic E-state index is -0.390. The lowest BCUT2D eigenvalue weighted by molar-refractivity contribution is 0.102. The molecule has 2 aromatic heterocycles. The molecule has 1 N–H and O–H groups in total. The predicted molar refractivity (Wildman–Crippen MR) is 107 cm³/mol. The SMILES string of the molecule is O=C(Nc1ccc(Cl)cc1-n1cccc1)c1nc(N2CCCC2)ncc1Cl. The molecule has 0 unspecified atom stereocenters. The molecule has 1 amide bonds. The van der Waals surface area contributed by atoms with Crippen LogP contribution in [0.25, 0.3) is 5.69 Å². The molecule has 1 saturated heterocycles. The fourth-order valence-electron chi connectivity index (χ4n) is 3.09. The number of aromatic nitrogens is 3. The lowest BCUT2D eigenvalue weighted by Crippen LogP contribution is -2.23. The van der Waals surface area contributed by atoms with Crippen LogP contribution in [0.2, 0.25) is 10.0 Å². The molecule has 0 radical (unpaired) electrons. The van der Waals surface area contributed by atoms with Crippen molar-refractivity contribution < 1.29 is 4.79 Å². The van der Waals surface area contributed by atoms with Gasteiger partial charge < -0.3 is 14.8 Å². The van der Waals surface area contributed by atoms with E-state index in [1.165, 1.54) is 6.20 Å². The zero-order valence-electron chi connectivity index (χ0n) is 14.4. The van der Waals surface area contributed by atoms with Crippen molar-refractivity contribution in [1.82, 2.24) is 14.5 Å². The number of nitrogens with one attached hydrogen (secondary N) is 1. The van der Waals surface area contributed by atoms with Gasteiger partial charge >= 0.3 is 0 Å². The number of carbonyl (C=O) groups excluding carboxylic acids is 1. The lowest BCUT2D eigenvalue weighted by atomic mass is 10.2. The summed E-state index contributed by atoms with van der Waals surface area (Å²) in [5.41, 5.74) is 1.52. The van der Waals surface area contributed by atoms with Crippen LogP contribution in [0.15, 0.2) is 48.9 Å². The molecule has 0 atom stereocenters. The van der Waals surface area contributed by atoms with E-state index in [0.29, 0.717) is 16.7 Å². The van der Waals surface area contributed by atoms with E-state index in [1.54, 1.807) is 18.2 Å². The molecule has 8 heteroatoms. The van der Waals surface area contributed by atoms with Crippen molar-refractivity contribution in [2.45, 2.75) is 12.8 Å². The Kier molecular flexibility index (Phi) is 5.01. The largest absolute Gasteiger partial charge is 0.341 e. The van der Waals surface area contributed by atoms with Crippen LogP contribution in [0.3, 0.4) is 0 Å². The van der Waals surface area contributed by atoms with Crippen LogP contribution in [-0.4, -0.2) is 33.5 Å². The van der Waals surface area contributed by atoms with Crippen molar-refractivity contribution in [2.75, 3.05) is 23.3 Å². The highest BCUT2D eigenvalue weighted by atomic mass is 35.5. The third kappa shape index (κ3) is 3.77. The molecule has 138 valence electrons. The van der Waals surface area contributed by atoms with Crippen LogP contribution >= 0.6 is 23.2 Å². The van der Waals surface area contributed by atoms with Crippen molar-refractivity contribution in [1.29, 1.82) is 0 Å². The molecule has 0 aliphatic carbocycles. The fraction of sp³-hybridized carbons (Fsp3) is 0.211. The van der Waals surface area contributed by atoms with Gasteiger partial charge in [0.1, 0.15) is 0 Å². The first kappa shape index (κ1) is 17.8. The number of rotatable bonds is 4. The maximum atomic E-state index is 12.9. The Hall–Kier alpha value is -2.57. The van der Waals surface area contributed by atoms with E-state index in [0.717, 1.165) is 31.6 Å². The van der Waals surface area contributed by atoms with Crippen LogP contribution in [-0.2, 0) is 0 Å². The quantitative estimate of drug-likeness (QED) is 0.702. The Morgan fingerprint density at radius 2 is 1.85 bits per heavy atom. The first-order chi connectivity index (χ1) is 13.1. The second kappa shape index (κ2) is 7.58. The molecule has 0 saturated carbocycles. The normalized spacial score (nSPS) is 13.8. The van der Waals surface area contributed by atoms with E-state index in [4.69, 9.17) is 23.2 Å². The molecule has 1 fully saturated rings. The first-order valence-electron chi connectivity index (χ1n) is 8.63. The van der Waals surface area contributed by atoms with Gasteiger partial charge in [0.05, 0.1) is 22.6 Å². The van der Waals surface area contributed by atoms with Gasteiger partial charge in [-0.15, -0.1) is 0 Å². The minimum absolute atomic E-state index is 0.155. The number of amides is 1. The van der Waals surface area contributed by atoms with E-state index in [-0.39, 0.29) is 10.7 Å². The van der Waals surface area contributed by atoms with Gasteiger partial charge in [-0.1, -0.05) is 23.2 Å². The molecule has 6 nitrogen and oxygen atoms in total. The van der Waals surface area contributed by atoms with Gasteiger partial charge in [-0.3, -0.25) is 4.79 Å². The maximum absolute atomic E-state index is 12.9.